The largest absolute Gasteiger partial charge is 0.372 e. The highest BCUT2D eigenvalue weighted by atomic mass is 16.1. The summed E-state index contributed by atoms with van der Waals surface area (Å²) in [6, 6.07) is 17.6. The van der Waals surface area contributed by atoms with Crippen molar-refractivity contribution in [3.8, 4) is 0 Å². The van der Waals surface area contributed by atoms with Gasteiger partial charge in [0.25, 0.3) is 0 Å². The molecule has 1 atom stereocenters. The lowest BCUT2D eigenvalue weighted by atomic mass is 9.94. The molecule has 1 N–H and O–H groups in total. The van der Waals surface area contributed by atoms with Crippen LogP contribution in [0.15, 0.2) is 48.5 Å². The number of amides is 1. The average molecular weight is 434 g/mol. The smallest absolute Gasteiger partial charge is 0.223 e. The molecule has 4 nitrogen and oxygen atoms in total. The Kier molecular flexibility index (Phi) is 7.51. The first-order valence-corrected chi connectivity index (χ1v) is 12.4. The number of piperidine rings is 2. The van der Waals surface area contributed by atoms with Gasteiger partial charge in [-0.05, 0) is 81.8 Å². The van der Waals surface area contributed by atoms with Crippen LogP contribution in [0.1, 0.15) is 62.3 Å². The Bertz CT molecular complexity index is 878. The van der Waals surface area contributed by atoms with E-state index in [1.165, 1.54) is 35.2 Å². The van der Waals surface area contributed by atoms with E-state index in [0.717, 1.165) is 51.5 Å². The maximum absolute atomic E-state index is 12.9. The number of carbonyl (C=O) groups is 1. The van der Waals surface area contributed by atoms with Crippen molar-refractivity contribution in [1.82, 2.24) is 10.2 Å². The molecule has 2 fully saturated rings. The number of carbonyl (C=O) groups excluding carboxylic acids is 1. The summed E-state index contributed by atoms with van der Waals surface area (Å²) < 4.78 is 0. The van der Waals surface area contributed by atoms with Crippen molar-refractivity contribution in [2.75, 3.05) is 31.1 Å². The molecular formula is C28H39N3O. The van der Waals surface area contributed by atoms with Gasteiger partial charge < -0.3 is 10.2 Å². The Morgan fingerprint density at radius 2 is 1.69 bits per heavy atom. The summed E-state index contributed by atoms with van der Waals surface area (Å²) in [4.78, 5) is 17.9. The number of nitrogens with one attached hydrogen (secondary N) is 1. The third-order valence-corrected chi connectivity index (χ3v) is 7.35. The van der Waals surface area contributed by atoms with Gasteiger partial charge in [-0.3, -0.25) is 9.69 Å². The quantitative estimate of drug-likeness (QED) is 0.670. The number of anilines is 1. The zero-order valence-electron chi connectivity index (χ0n) is 20.0. The van der Waals surface area contributed by atoms with Crippen LogP contribution in [0.3, 0.4) is 0 Å². The third kappa shape index (κ3) is 5.92. The molecule has 2 aliphatic rings. The molecule has 2 heterocycles. The molecule has 4 rings (SSSR count). The fraction of sp³-hybridized carbons (Fsp3) is 0.536. The van der Waals surface area contributed by atoms with Crippen LogP contribution in [0.5, 0.6) is 0 Å². The molecule has 0 aromatic heterocycles. The number of likely N-dealkylation sites (tertiary alicyclic amines) is 1. The van der Waals surface area contributed by atoms with E-state index in [2.05, 4.69) is 84.4 Å². The first-order valence-electron chi connectivity index (χ1n) is 12.4. The SMILES string of the molecule is Cc1cccc(CN2CCC(C(=O)N[C@H](C)c3ccc(N4CCC(C)CC4)cc3)CC2)c1. The van der Waals surface area contributed by atoms with Gasteiger partial charge in [-0.2, -0.15) is 0 Å². The second-order valence-electron chi connectivity index (χ2n) is 10.0. The summed E-state index contributed by atoms with van der Waals surface area (Å²) in [6.45, 7) is 11.8. The van der Waals surface area contributed by atoms with E-state index < -0.39 is 0 Å². The fourth-order valence-corrected chi connectivity index (χ4v) is 5.08. The van der Waals surface area contributed by atoms with Gasteiger partial charge in [0, 0.05) is 31.2 Å². The topological polar surface area (TPSA) is 35.6 Å². The van der Waals surface area contributed by atoms with Gasteiger partial charge in [0.05, 0.1) is 6.04 Å². The lowest BCUT2D eigenvalue weighted by Crippen LogP contribution is -2.40. The van der Waals surface area contributed by atoms with Crippen LogP contribution in [0.4, 0.5) is 5.69 Å². The Morgan fingerprint density at radius 3 is 2.34 bits per heavy atom. The van der Waals surface area contributed by atoms with Crippen molar-refractivity contribution in [2.45, 2.75) is 59.0 Å². The predicted octanol–water partition coefficient (Wildman–Crippen LogP) is 5.32. The molecule has 0 unspecified atom stereocenters. The number of hydrogen-bond donors (Lipinski definition) is 1. The number of benzene rings is 2. The van der Waals surface area contributed by atoms with Crippen molar-refractivity contribution in [3.05, 3.63) is 65.2 Å². The van der Waals surface area contributed by atoms with E-state index in [9.17, 15) is 4.79 Å². The first kappa shape index (κ1) is 22.8. The van der Waals surface area contributed by atoms with Crippen molar-refractivity contribution < 1.29 is 4.79 Å². The Balaban J connectivity index is 1.24. The Labute approximate surface area is 194 Å². The summed E-state index contributed by atoms with van der Waals surface area (Å²) in [6.07, 6.45) is 4.43. The molecule has 2 aliphatic heterocycles. The van der Waals surface area contributed by atoms with Crippen molar-refractivity contribution in [2.24, 2.45) is 11.8 Å². The van der Waals surface area contributed by atoms with E-state index in [-0.39, 0.29) is 17.9 Å². The van der Waals surface area contributed by atoms with E-state index >= 15 is 0 Å². The molecule has 2 saturated heterocycles. The Morgan fingerprint density at radius 1 is 1.00 bits per heavy atom. The molecule has 0 radical (unpaired) electrons. The van der Waals surface area contributed by atoms with Crippen molar-refractivity contribution in [1.29, 1.82) is 0 Å². The third-order valence-electron chi connectivity index (χ3n) is 7.35. The van der Waals surface area contributed by atoms with Gasteiger partial charge in [0.1, 0.15) is 0 Å². The minimum atomic E-state index is 0.0447. The molecule has 2 aromatic carbocycles. The van der Waals surface area contributed by atoms with Crippen LogP contribution in [-0.2, 0) is 11.3 Å². The van der Waals surface area contributed by atoms with E-state index in [4.69, 9.17) is 0 Å². The first-order chi connectivity index (χ1) is 15.5. The molecule has 4 heteroatoms. The standard InChI is InChI=1S/C28H39N3O/c1-21-11-17-31(18-12-21)27-9-7-25(8-10-27)23(3)29-28(32)26-13-15-30(16-14-26)20-24-6-4-5-22(2)19-24/h4-10,19,21,23,26H,11-18,20H2,1-3H3,(H,29,32)/t23-/m1/s1. The van der Waals surface area contributed by atoms with Crippen LogP contribution < -0.4 is 10.2 Å². The van der Waals surface area contributed by atoms with Crippen molar-refractivity contribution in [3.63, 3.8) is 0 Å². The van der Waals surface area contributed by atoms with Crippen LogP contribution in [0, 0.1) is 18.8 Å². The summed E-state index contributed by atoms with van der Waals surface area (Å²) in [5.74, 6) is 1.18. The molecular weight excluding hydrogens is 394 g/mol. The lowest BCUT2D eigenvalue weighted by molar-refractivity contribution is -0.127. The monoisotopic (exact) mass is 433 g/mol. The van der Waals surface area contributed by atoms with Gasteiger partial charge in [0.15, 0.2) is 0 Å². The maximum Gasteiger partial charge on any atom is 0.223 e. The minimum Gasteiger partial charge on any atom is -0.372 e. The molecule has 0 aliphatic carbocycles. The van der Waals surface area contributed by atoms with Gasteiger partial charge in [-0.1, -0.05) is 48.9 Å². The van der Waals surface area contributed by atoms with E-state index in [1.807, 2.05) is 0 Å². The van der Waals surface area contributed by atoms with Gasteiger partial charge in [-0.25, -0.2) is 0 Å². The molecule has 2 aromatic rings. The molecule has 0 spiro atoms. The number of nitrogens with zero attached hydrogens (tertiary/aromatic N) is 2. The fourth-order valence-electron chi connectivity index (χ4n) is 5.08. The highest BCUT2D eigenvalue weighted by Gasteiger charge is 2.26. The van der Waals surface area contributed by atoms with Crippen LogP contribution in [-0.4, -0.2) is 37.0 Å². The summed E-state index contributed by atoms with van der Waals surface area (Å²) >= 11 is 0. The molecule has 1 amide bonds. The maximum atomic E-state index is 12.9. The Hall–Kier alpha value is -2.33. The summed E-state index contributed by atoms with van der Waals surface area (Å²) in [5.41, 5.74) is 5.16. The number of hydrogen-bond acceptors (Lipinski definition) is 3. The zero-order valence-corrected chi connectivity index (χ0v) is 20.0. The highest BCUT2D eigenvalue weighted by molar-refractivity contribution is 5.79. The van der Waals surface area contributed by atoms with Gasteiger partial charge in [-0.15, -0.1) is 0 Å². The zero-order chi connectivity index (χ0) is 22.5. The normalized spacial score (nSPS) is 19.7. The number of aryl methyl sites for hydroxylation is 1. The molecule has 0 bridgehead atoms. The average Bonchev–Trinajstić information content (AvgIpc) is 2.80. The highest BCUT2D eigenvalue weighted by Crippen LogP contribution is 2.25. The lowest BCUT2D eigenvalue weighted by Gasteiger charge is -2.32. The molecule has 32 heavy (non-hydrogen) atoms. The van der Waals surface area contributed by atoms with Crippen LogP contribution in [0.2, 0.25) is 0 Å². The summed E-state index contributed by atoms with van der Waals surface area (Å²) in [5, 5.41) is 3.27. The van der Waals surface area contributed by atoms with Gasteiger partial charge >= 0.3 is 0 Å². The van der Waals surface area contributed by atoms with E-state index in [1.54, 1.807) is 0 Å². The minimum absolute atomic E-state index is 0.0447. The second kappa shape index (κ2) is 10.5. The molecule has 0 saturated carbocycles. The van der Waals surface area contributed by atoms with E-state index in [0.29, 0.717) is 0 Å². The second-order valence-corrected chi connectivity index (χ2v) is 10.0. The van der Waals surface area contributed by atoms with Crippen LogP contribution in [0.25, 0.3) is 0 Å². The predicted molar refractivity (Wildman–Crippen MR) is 133 cm³/mol. The number of rotatable bonds is 6. The summed E-state index contributed by atoms with van der Waals surface area (Å²) in [7, 11) is 0. The molecule has 172 valence electrons. The van der Waals surface area contributed by atoms with Gasteiger partial charge in [0.2, 0.25) is 5.91 Å². The van der Waals surface area contributed by atoms with Crippen molar-refractivity contribution >= 4 is 11.6 Å². The van der Waals surface area contributed by atoms with Crippen LogP contribution >= 0.6 is 0 Å².